The van der Waals surface area contributed by atoms with Crippen LogP contribution in [0.1, 0.15) is 18.7 Å². The second-order valence-electron chi connectivity index (χ2n) is 4.32. The minimum absolute atomic E-state index is 0.833. The van der Waals surface area contributed by atoms with Gasteiger partial charge in [-0.2, -0.15) is 5.10 Å². The molecule has 5 heteroatoms. The summed E-state index contributed by atoms with van der Waals surface area (Å²) in [6.07, 6.45) is 4.15. The van der Waals surface area contributed by atoms with E-state index in [1.165, 1.54) is 25.9 Å². The topological polar surface area (TPSA) is 56.8 Å². The van der Waals surface area contributed by atoms with E-state index in [9.17, 15) is 0 Å². The van der Waals surface area contributed by atoms with Gasteiger partial charge >= 0.3 is 0 Å². The van der Waals surface area contributed by atoms with Crippen molar-refractivity contribution in [1.29, 1.82) is 0 Å². The molecule has 0 unspecified atom stereocenters. The summed E-state index contributed by atoms with van der Waals surface area (Å²) < 4.78 is 0. The molecule has 0 bridgehead atoms. The molecule has 0 aromatic carbocycles. The van der Waals surface area contributed by atoms with Crippen molar-refractivity contribution >= 4 is 0 Å². The van der Waals surface area contributed by atoms with Crippen LogP contribution in [0.4, 0.5) is 0 Å². The van der Waals surface area contributed by atoms with Gasteiger partial charge < -0.3 is 5.32 Å². The van der Waals surface area contributed by atoms with Gasteiger partial charge in [0, 0.05) is 6.54 Å². The highest BCUT2D eigenvalue weighted by molar-refractivity contribution is 4.80. The molecule has 5 nitrogen and oxygen atoms in total. The molecular formula is C10H19N5. The molecule has 1 aliphatic heterocycles. The van der Waals surface area contributed by atoms with Crippen LogP contribution < -0.4 is 5.32 Å². The lowest BCUT2D eigenvalue weighted by Crippen LogP contribution is -2.34. The number of aromatic nitrogens is 3. The van der Waals surface area contributed by atoms with Gasteiger partial charge in [-0.3, -0.25) is 10.00 Å². The largest absolute Gasteiger partial charge is 0.317 e. The number of hydrogen-bond donors (Lipinski definition) is 2. The molecule has 2 heterocycles. The maximum atomic E-state index is 4.13. The first-order chi connectivity index (χ1) is 7.34. The van der Waals surface area contributed by atoms with Crippen molar-refractivity contribution in [3.05, 3.63) is 12.2 Å². The zero-order chi connectivity index (χ0) is 10.5. The summed E-state index contributed by atoms with van der Waals surface area (Å²) >= 11 is 0. The number of piperidine rings is 1. The molecule has 0 aliphatic carbocycles. The highest BCUT2D eigenvalue weighted by atomic mass is 15.2. The molecule has 1 aliphatic rings. The van der Waals surface area contributed by atoms with Crippen LogP contribution in [0, 0.1) is 5.92 Å². The minimum atomic E-state index is 0.833. The average molecular weight is 209 g/mol. The van der Waals surface area contributed by atoms with E-state index in [0.717, 1.165) is 24.8 Å². The van der Waals surface area contributed by atoms with Crippen LogP contribution in [-0.2, 0) is 6.54 Å². The predicted molar refractivity (Wildman–Crippen MR) is 58.3 cm³/mol. The Morgan fingerprint density at radius 2 is 2.27 bits per heavy atom. The van der Waals surface area contributed by atoms with Gasteiger partial charge in [-0.15, -0.1) is 0 Å². The Bertz CT molecular complexity index is 265. The fourth-order valence-corrected chi connectivity index (χ4v) is 2.13. The number of hydrogen-bond acceptors (Lipinski definition) is 4. The zero-order valence-corrected chi connectivity index (χ0v) is 9.24. The van der Waals surface area contributed by atoms with Crippen molar-refractivity contribution in [1.82, 2.24) is 25.4 Å². The third kappa shape index (κ3) is 3.28. The van der Waals surface area contributed by atoms with Crippen molar-refractivity contribution < 1.29 is 0 Å². The van der Waals surface area contributed by atoms with E-state index in [1.807, 2.05) is 0 Å². The fourth-order valence-electron chi connectivity index (χ4n) is 2.13. The van der Waals surface area contributed by atoms with Crippen molar-refractivity contribution in [2.45, 2.75) is 19.4 Å². The second-order valence-corrected chi connectivity index (χ2v) is 4.32. The lowest BCUT2D eigenvalue weighted by Gasteiger charge is -2.26. The molecule has 15 heavy (non-hydrogen) atoms. The van der Waals surface area contributed by atoms with Crippen LogP contribution in [0.3, 0.4) is 0 Å². The molecule has 1 saturated heterocycles. The summed E-state index contributed by atoms with van der Waals surface area (Å²) in [5.41, 5.74) is 0. The van der Waals surface area contributed by atoms with E-state index in [1.54, 1.807) is 6.33 Å². The molecule has 0 atom stereocenters. The van der Waals surface area contributed by atoms with Gasteiger partial charge in [0.2, 0.25) is 0 Å². The van der Waals surface area contributed by atoms with E-state index >= 15 is 0 Å². The molecule has 2 N–H and O–H groups in total. The number of aromatic amines is 1. The number of rotatable bonds is 4. The maximum absolute atomic E-state index is 4.13. The van der Waals surface area contributed by atoms with E-state index in [-0.39, 0.29) is 0 Å². The average Bonchev–Trinajstić information content (AvgIpc) is 2.71. The minimum Gasteiger partial charge on any atom is -0.317 e. The van der Waals surface area contributed by atoms with Crippen LogP contribution in [0.25, 0.3) is 0 Å². The Morgan fingerprint density at radius 3 is 2.93 bits per heavy atom. The van der Waals surface area contributed by atoms with Crippen molar-refractivity contribution in [3.63, 3.8) is 0 Å². The zero-order valence-electron chi connectivity index (χ0n) is 9.24. The number of H-pyrrole nitrogens is 1. The SMILES string of the molecule is CN(Cc1ncn[nH]1)CC1CCNCC1. The quantitative estimate of drug-likeness (QED) is 0.745. The van der Waals surface area contributed by atoms with E-state index < -0.39 is 0 Å². The van der Waals surface area contributed by atoms with Crippen LogP contribution in [-0.4, -0.2) is 46.8 Å². The summed E-state index contributed by atoms with van der Waals surface area (Å²) in [6, 6.07) is 0. The molecule has 1 aromatic rings. The maximum Gasteiger partial charge on any atom is 0.138 e. The van der Waals surface area contributed by atoms with Crippen LogP contribution in [0.2, 0.25) is 0 Å². The third-order valence-corrected chi connectivity index (χ3v) is 2.91. The standard InChI is InChI=1S/C10H19N5/c1-15(7-10-12-8-13-14-10)6-9-2-4-11-5-3-9/h8-9,11H,2-7H2,1H3,(H,12,13,14). The summed E-state index contributed by atoms with van der Waals surface area (Å²) in [5.74, 6) is 1.78. The molecule has 1 fully saturated rings. The van der Waals surface area contributed by atoms with E-state index in [2.05, 4.69) is 32.4 Å². The van der Waals surface area contributed by atoms with Gasteiger partial charge in [0.05, 0.1) is 6.54 Å². The van der Waals surface area contributed by atoms with Crippen LogP contribution in [0.5, 0.6) is 0 Å². The van der Waals surface area contributed by atoms with Crippen LogP contribution >= 0.6 is 0 Å². The first kappa shape index (κ1) is 10.6. The number of nitrogens with zero attached hydrogens (tertiary/aromatic N) is 3. The number of nitrogens with one attached hydrogen (secondary N) is 2. The highest BCUT2D eigenvalue weighted by Gasteiger charge is 2.15. The molecule has 0 amide bonds. The van der Waals surface area contributed by atoms with Gasteiger partial charge in [0.25, 0.3) is 0 Å². The molecular weight excluding hydrogens is 190 g/mol. The summed E-state index contributed by atoms with van der Waals surface area (Å²) in [5, 5.41) is 10.1. The molecule has 1 aromatic heterocycles. The summed E-state index contributed by atoms with van der Waals surface area (Å²) in [7, 11) is 2.14. The Hall–Kier alpha value is -0.940. The second kappa shape index (κ2) is 5.23. The summed E-state index contributed by atoms with van der Waals surface area (Å²) in [6.45, 7) is 4.36. The molecule has 0 saturated carbocycles. The van der Waals surface area contributed by atoms with E-state index in [4.69, 9.17) is 0 Å². The monoisotopic (exact) mass is 209 g/mol. The Labute approximate surface area is 90.3 Å². The fraction of sp³-hybridized carbons (Fsp3) is 0.800. The first-order valence-corrected chi connectivity index (χ1v) is 5.58. The van der Waals surface area contributed by atoms with Gasteiger partial charge in [-0.25, -0.2) is 4.98 Å². The van der Waals surface area contributed by atoms with Crippen molar-refractivity contribution in [2.75, 3.05) is 26.7 Å². The molecule has 2 rings (SSSR count). The van der Waals surface area contributed by atoms with Gasteiger partial charge in [0.15, 0.2) is 0 Å². The van der Waals surface area contributed by atoms with Gasteiger partial charge in [0.1, 0.15) is 12.2 Å². The third-order valence-electron chi connectivity index (χ3n) is 2.91. The Morgan fingerprint density at radius 1 is 1.47 bits per heavy atom. The van der Waals surface area contributed by atoms with Crippen LogP contribution in [0.15, 0.2) is 6.33 Å². The summed E-state index contributed by atoms with van der Waals surface area (Å²) in [4.78, 5) is 6.44. The first-order valence-electron chi connectivity index (χ1n) is 5.58. The smallest absolute Gasteiger partial charge is 0.138 e. The molecule has 0 radical (unpaired) electrons. The van der Waals surface area contributed by atoms with E-state index in [0.29, 0.717) is 0 Å². The van der Waals surface area contributed by atoms with Gasteiger partial charge in [-0.1, -0.05) is 0 Å². The van der Waals surface area contributed by atoms with Gasteiger partial charge in [-0.05, 0) is 38.9 Å². The lowest BCUT2D eigenvalue weighted by molar-refractivity contribution is 0.231. The normalized spacial score (nSPS) is 18.5. The Balaban J connectivity index is 1.74. The Kier molecular flexibility index (Phi) is 3.69. The van der Waals surface area contributed by atoms with Crippen molar-refractivity contribution in [3.8, 4) is 0 Å². The van der Waals surface area contributed by atoms with Crippen molar-refractivity contribution in [2.24, 2.45) is 5.92 Å². The lowest BCUT2D eigenvalue weighted by atomic mass is 9.98. The molecule has 0 spiro atoms. The molecule has 84 valence electrons. The highest BCUT2D eigenvalue weighted by Crippen LogP contribution is 2.13. The predicted octanol–water partition coefficient (Wildman–Crippen LogP) is 0.236.